The summed E-state index contributed by atoms with van der Waals surface area (Å²) < 4.78 is 69.5. The SMILES string of the molecule is CCCC1COC(c2ccc(-c3cc(F)c(OC(C)(F)F)c(F)c3)cc2)OC1. The van der Waals surface area contributed by atoms with Gasteiger partial charge < -0.3 is 14.2 Å². The third-order valence-electron chi connectivity index (χ3n) is 4.46. The summed E-state index contributed by atoms with van der Waals surface area (Å²) in [4.78, 5) is 0. The number of halogens is 4. The van der Waals surface area contributed by atoms with E-state index in [-0.39, 0.29) is 5.56 Å². The molecule has 2 aromatic rings. The van der Waals surface area contributed by atoms with E-state index in [9.17, 15) is 17.6 Å². The standard InChI is InChI=1S/C21H22F4O3/c1-3-4-13-11-26-20(27-12-13)15-7-5-14(6-8-15)16-9-17(22)19(18(23)10-16)28-21(2,24)25/h5-10,13,20H,3-4,11-12H2,1-2H3. The van der Waals surface area contributed by atoms with Crippen LogP contribution in [0.25, 0.3) is 11.1 Å². The lowest BCUT2D eigenvalue weighted by Gasteiger charge is -2.29. The van der Waals surface area contributed by atoms with Crippen molar-refractivity contribution in [2.45, 2.75) is 39.1 Å². The van der Waals surface area contributed by atoms with E-state index in [1.54, 1.807) is 24.3 Å². The van der Waals surface area contributed by atoms with Gasteiger partial charge in [-0.3, -0.25) is 0 Å². The fourth-order valence-corrected chi connectivity index (χ4v) is 3.15. The van der Waals surface area contributed by atoms with Crippen molar-refractivity contribution < 1.29 is 31.8 Å². The zero-order valence-corrected chi connectivity index (χ0v) is 15.7. The molecule has 0 bridgehead atoms. The van der Waals surface area contributed by atoms with Crippen LogP contribution in [-0.4, -0.2) is 19.3 Å². The highest BCUT2D eigenvalue weighted by molar-refractivity contribution is 5.65. The molecule has 2 aromatic carbocycles. The first-order valence-electron chi connectivity index (χ1n) is 9.16. The number of hydrogen-bond donors (Lipinski definition) is 0. The van der Waals surface area contributed by atoms with Crippen LogP contribution in [0.1, 0.15) is 38.5 Å². The molecule has 0 aromatic heterocycles. The lowest BCUT2D eigenvalue weighted by molar-refractivity contribution is -0.206. The maximum absolute atomic E-state index is 14.1. The van der Waals surface area contributed by atoms with Crippen LogP contribution >= 0.6 is 0 Å². The molecule has 0 spiro atoms. The molecule has 0 radical (unpaired) electrons. The Labute approximate surface area is 161 Å². The van der Waals surface area contributed by atoms with E-state index < -0.39 is 29.8 Å². The third-order valence-corrected chi connectivity index (χ3v) is 4.46. The molecule has 0 aliphatic carbocycles. The summed E-state index contributed by atoms with van der Waals surface area (Å²) >= 11 is 0. The van der Waals surface area contributed by atoms with E-state index >= 15 is 0 Å². The molecule has 1 fully saturated rings. The van der Waals surface area contributed by atoms with Gasteiger partial charge in [0.05, 0.1) is 13.2 Å². The smallest absolute Gasteiger partial charge is 0.395 e. The molecule has 1 aliphatic heterocycles. The van der Waals surface area contributed by atoms with Crippen molar-refractivity contribution in [1.82, 2.24) is 0 Å². The van der Waals surface area contributed by atoms with Crippen LogP contribution in [0.5, 0.6) is 5.75 Å². The summed E-state index contributed by atoms with van der Waals surface area (Å²) in [5.41, 5.74) is 1.53. The summed E-state index contributed by atoms with van der Waals surface area (Å²) in [5.74, 6) is -3.09. The molecule has 1 aliphatic rings. The Hall–Kier alpha value is -2.12. The zero-order valence-electron chi connectivity index (χ0n) is 15.7. The Balaban J connectivity index is 1.73. The Bertz CT molecular complexity index is 771. The van der Waals surface area contributed by atoms with Gasteiger partial charge in [0.15, 0.2) is 23.7 Å². The zero-order chi connectivity index (χ0) is 20.3. The van der Waals surface area contributed by atoms with Crippen LogP contribution in [0.2, 0.25) is 0 Å². The second-order valence-electron chi connectivity index (χ2n) is 6.95. The van der Waals surface area contributed by atoms with Crippen LogP contribution in [-0.2, 0) is 9.47 Å². The summed E-state index contributed by atoms with van der Waals surface area (Å²) in [6, 6.07) is 8.76. The molecule has 3 rings (SSSR count). The third kappa shape index (κ3) is 5.02. The average Bonchev–Trinajstić information content (AvgIpc) is 2.65. The van der Waals surface area contributed by atoms with Gasteiger partial charge in [0.2, 0.25) is 0 Å². The van der Waals surface area contributed by atoms with Crippen LogP contribution < -0.4 is 4.74 Å². The minimum atomic E-state index is -3.68. The molecular weight excluding hydrogens is 376 g/mol. The van der Waals surface area contributed by atoms with E-state index in [1.807, 2.05) is 0 Å². The first kappa shape index (κ1) is 20.6. The van der Waals surface area contributed by atoms with Crippen molar-refractivity contribution >= 4 is 0 Å². The normalized spacial score (nSPS) is 20.2. The first-order chi connectivity index (χ1) is 13.3. The number of benzene rings is 2. The van der Waals surface area contributed by atoms with Crippen molar-refractivity contribution in [2.24, 2.45) is 5.92 Å². The second kappa shape index (κ2) is 8.49. The lowest BCUT2D eigenvalue weighted by atomic mass is 10.0. The van der Waals surface area contributed by atoms with Gasteiger partial charge in [-0.25, -0.2) is 8.78 Å². The van der Waals surface area contributed by atoms with Crippen LogP contribution in [0.4, 0.5) is 17.6 Å². The van der Waals surface area contributed by atoms with E-state index in [2.05, 4.69) is 11.7 Å². The fourth-order valence-electron chi connectivity index (χ4n) is 3.15. The molecule has 0 unspecified atom stereocenters. The highest BCUT2D eigenvalue weighted by atomic mass is 19.3. The van der Waals surface area contributed by atoms with Gasteiger partial charge >= 0.3 is 6.11 Å². The van der Waals surface area contributed by atoms with Crippen molar-refractivity contribution in [3.8, 4) is 16.9 Å². The Morgan fingerprint density at radius 2 is 1.57 bits per heavy atom. The van der Waals surface area contributed by atoms with E-state index in [1.165, 1.54) is 0 Å². The predicted octanol–water partition coefficient (Wildman–Crippen LogP) is 6.09. The highest BCUT2D eigenvalue weighted by Gasteiger charge is 2.28. The van der Waals surface area contributed by atoms with Gasteiger partial charge in [-0.05, 0) is 29.7 Å². The molecule has 0 amide bonds. The quantitative estimate of drug-likeness (QED) is 0.552. The Morgan fingerprint density at radius 3 is 2.07 bits per heavy atom. The maximum Gasteiger partial charge on any atom is 0.395 e. The van der Waals surface area contributed by atoms with Gasteiger partial charge in [0.25, 0.3) is 0 Å². The number of ether oxygens (including phenoxy) is 3. The van der Waals surface area contributed by atoms with Crippen LogP contribution in [0, 0.1) is 17.6 Å². The number of hydrogen-bond acceptors (Lipinski definition) is 3. The number of rotatable bonds is 6. The average molecular weight is 398 g/mol. The molecule has 3 nitrogen and oxygen atoms in total. The van der Waals surface area contributed by atoms with Crippen LogP contribution in [0.3, 0.4) is 0 Å². The van der Waals surface area contributed by atoms with Gasteiger partial charge in [0.1, 0.15) is 0 Å². The molecule has 28 heavy (non-hydrogen) atoms. The van der Waals surface area contributed by atoms with E-state index in [4.69, 9.17) is 9.47 Å². The molecule has 152 valence electrons. The molecule has 1 saturated heterocycles. The second-order valence-corrected chi connectivity index (χ2v) is 6.95. The van der Waals surface area contributed by atoms with Crippen molar-refractivity contribution in [3.05, 3.63) is 53.6 Å². The van der Waals surface area contributed by atoms with Gasteiger partial charge in [0, 0.05) is 18.4 Å². The predicted molar refractivity (Wildman–Crippen MR) is 96.1 cm³/mol. The first-order valence-corrected chi connectivity index (χ1v) is 9.16. The molecular formula is C21H22F4O3. The molecule has 0 saturated carbocycles. The topological polar surface area (TPSA) is 27.7 Å². The Kier molecular flexibility index (Phi) is 6.25. The van der Waals surface area contributed by atoms with Gasteiger partial charge in [-0.1, -0.05) is 37.6 Å². The largest absolute Gasteiger partial charge is 0.426 e. The van der Waals surface area contributed by atoms with Crippen molar-refractivity contribution in [3.63, 3.8) is 0 Å². The number of alkyl halides is 2. The Morgan fingerprint density at radius 1 is 1.00 bits per heavy atom. The van der Waals surface area contributed by atoms with E-state index in [0.717, 1.165) is 30.5 Å². The van der Waals surface area contributed by atoms with Gasteiger partial charge in [-0.2, -0.15) is 8.78 Å². The summed E-state index contributed by atoms with van der Waals surface area (Å²) in [6.07, 6.45) is -2.03. The molecule has 0 N–H and O–H groups in total. The minimum Gasteiger partial charge on any atom is -0.426 e. The van der Waals surface area contributed by atoms with E-state index in [0.29, 0.717) is 31.6 Å². The van der Waals surface area contributed by atoms with Gasteiger partial charge in [-0.15, -0.1) is 0 Å². The molecule has 1 heterocycles. The monoisotopic (exact) mass is 398 g/mol. The molecule has 0 atom stereocenters. The maximum atomic E-state index is 14.1. The highest BCUT2D eigenvalue weighted by Crippen LogP contribution is 2.33. The molecule has 7 heteroatoms. The minimum absolute atomic E-state index is 0.210. The van der Waals surface area contributed by atoms with Crippen LogP contribution in [0.15, 0.2) is 36.4 Å². The summed E-state index contributed by atoms with van der Waals surface area (Å²) in [6.45, 7) is 3.78. The summed E-state index contributed by atoms with van der Waals surface area (Å²) in [5, 5.41) is 0. The van der Waals surface area contributed by atoms with Crippen molar-refractivity contribution in [2.75, 3.05) is 13.2 Å². The fraction of sp³-hybridized carbons (Fsp3) is 0.429. The lowest BCUT2D eigenvalue weighted by Crippen LogP contribution is -2.26. The van der Waals surface area contributed by atoms with Crippen molar-refractivity contribution in [1.29, 1.82) is 0 Å². The summed E-state index contributed by atoms with van der Waals surface area (Å²) in [7, 11) is 0.